The van der Waals surface area contributed by atoms with Crippen LogP contribution in [0.1, 0.15) is 31.4 Å². The molecule has 1 heterocycles. The van der Waals surface area contributed by atoms with E-state index < -0.39 is 0 Å². The fraction of sp³-hybridized carbons (Fsp3) is 0.409. The summed E-state index contributed by atoms with van der Waals surface area (Å²) in [7, 11) is 0. The maximum Gasteiger partial charge on any atom is 0.196 e. The lowest BCUT2D eigenvalue weighted by Crippen LogP contribution is -2.30. The molecule has 2 aromatic carbocycles. The van der Waals surface area contributed by atoms with Gasteiger partial charge in [0.2, 0.25) is 0 Å². The van der Waals surface area contributed by atoms with Crippen LogP contribution < -0.4 is 20.1 Å². The third-order valence-electron chi connectivity index (χ3n) is 4.34. The van der Waals surface area contributed by atoms with E-state index in [-0.39, 0.29) is 24.0 Å². The SMILES string of the molecule is CCNC(=NCc1ccccc1COCC)Nc1ccc2c(c1)OCCCO2.I. The van der Waals surface area contributed by atoms with Gasteiger partial charge in [-0.05, 0) is 37.1 Å². The highest BCUT2D eigenvalue weighted by Crippen LogP contribution is 2.32. The van der Waals surface area contributed by atoms with Crippen LogP contribution in [0.25, 0.3) is 0 Å². The van der Waals surface area contributed by atoms with E-state index in [1.807, 2.05) is 44.2 Å². The highest BCUT2D eigenvalue weighted by Gasteiger charge is 2.11. The molecular formula is C22H30IN3O3. The van der Waals surface area contributed by atoms with E-state index in [0.717, 1.165) is 41.7 Å². The van der Waals surface area contributed by atoms with Crippen molar-refractivity contribution in [2.75, 3.05) is 31.7 Å². The monoisotopic (exact) mass is 511 g/mol. The van der Waals surface area contributed by atoms with E-state index in [0.29, 0.717) is 33.0 Å². The lowest BCUT2D eigenvalue weighted by Gasteiger charge is -2.14. The first-order chi connectivity index (χ1) is 13.8. The molecule has 6 nitrogen and oxygen atoms in total. The number of halogens is 1. The van der Waals surface area contributed by atoms with Gasteiger partial charge in [-0.25, -0.2) is 4.99 Å². The van der Waals surface area contributed by atoms with E-state index in [1.165, 1.54) is 5.56 Å². The standard InChI is InChI=1S/C22H29N3O3.HI/c1-3-23-22(24-15-17-8-5-6-9-18(17)16-26-4-2)25-19-10-11-20-21(14-19)28-13-7-12-27-20;/h5-6,8-11,14H,3-4,7,12-13,15-16H2,1-2H3,(H2,23,24,25);1H. The summed E-state index contributed by atoms with van der Waals surface area (Å²) < 4.78 is 17.0. The first-order valence-corrected chi connectivity index (χ1v) is 9.89. The molecule has 0 amide bonds. The Morgan fingerprint density at radius 3 is 2.55 bits per heavy atom. The summed E-state index contributed by atoms with van der Waals surface area (Å²) in [6, 6.07) is 14.1. The fourth-order valence-electron chi connectivity index (χ4n) is 2.91. The van der Waals surface area contributed by atoms with Crippen molar-refractivity contribution in [2.24, 2.45) is 4.99 Å². The van der Waals surface area contributed by atoms with Gasteiger partial charge in [0.05, 0.1) is 26.4 Å². The van der Waals surface area contributed by atoms with Crippen molar-refractivity contribution >= 4 is 35.6 Å². The van der Waals surface area contributed by atoms with Crippen molar-refractivity contribution in [1.82, 2.24) is 5.32 Å². The zero-order chi connectivity index (χ0) is 19.6. The molecule has 1 aliphatic heterocycles. The smallest absolute Gasteiger partial charge is 0.196 e. The van der Waals surface area contributed by atoms with Crippen molar-refractivity contribution < 1.29 is 14.2 Å². The summed E-state index contributed by atoms with van der Waals surface area (Å²) in [5, 5.41) is 6.65. The summed E-state index contributed by atoms with van der Waals surface area (Å²) in [6.45, 7) is 8.06. The van der Waals surface area contributed by atoms with Crippen LogP contribution in [-0.4, -0.2) is 32.3 Å². The molecule has 0 bridgehead atoms. The number of anilines is 1. The Morgan fingerprint density at radius 2 is 1.79 bits per heavy atom. The molecule has 0 saturated heterocycles. The molecule has 2 aromatic rings. The first-order valence-electron chi connectivity index (χ1n) is 9.89. The molecule has 0 aromatic heterocycles. The Hall–Kier alpha value is -2.00. The maximum atomic E-state index is 5.77. The summed E-state index contributed by atoms with van der Waals surface area (Å²) in [6.07, 6.45) is 0.892. The maximum absolute atomic E-state index is 5.77. The van der Waals surface area contributed by atoms with E-state index in [4.69, 9.17) is 19.2 Å². The average molecular weight is 511 g/mol. The lowest BCUT2D eigenvalue weighted by atomic mass is 10.1. The Kier molecular flexibility index (Phi) is 10.1. The third kappa shape index (κ3) is 7.08. The van der Waals surface area contributed by atoms with Gasteiger partial charge in [-0.2, -0.15) is 0 Å². The number of guanidine groups is 1. The lowest BCUT2D eigenvalue weighted by molar-refractivity contribution is 0.133. The molecular weight excluding hydrogens is 481 g/mol. The average Bonchev–Trinajstić information content (AvgIpc) is 2.96. The Bertz CT molecular complexity index is 799. The second kappa shape index (κ2) is 12.5. The van der Waals surface area contributed by atoms with Crippen molar-refractivity contribution in [3.8, 4) is 11.5 Å². The number of ether oxygens (including phenoxy) is 3. The van der Waals surface area contributed by atoms with Gasteiger partial charge >= 0.3 is 0 Å². The number of hydrogen-bond donors (Lipinski definition) is 2. The van der Waals surface area contributed by atoms with Crippen LogP contribution in [-0.2, 0) is 17.9 Å². The van der Waals surface area contributed by atoms with E-state index >= 15 is 0 Å². The summed E-state index contributed by atoms with van der Waals surface area (Å²) in [4.78, 5) is 4.75. The molecule has 0 unspecified atom stereocenters. The predicted octanol–water partition coefficient (Wildman–Crippen LogP) is 4.58. The normalized spacial score (nSPS) is 13.2. The number of fused-ring (bicyclic) bond motifs is 1. The zero-order valence-corrected chi connectivity index (χ0v) is 19.4. The fourth-order valence-corrected chi connectivity index (χ4v) is 2.91. The molecule has 0 radical (unpaired) electrons. The molecule has 3 rings (SSSR count). The number of benzene rings is 2. The summed E-state index contributed by atoms with van der Waals surface area (Å²) in [5.41, 5.74) is 3.23. The Balaban J connectivity index is 0.00000300. The van der Waals surface area contributed by atoms with Crippen molar-refractivity contribution in [2.45, 2.75) is 33.4 Å². The molecule has 0 saturated carbocycles. The molecule has 0 spiro atoms. The largest absolute Gasteiger partial charge is 0.490 e. The summed E-state index contributed by atoms with van der Waals surface area (Å²) in [5.74, 6) is 2.28. The minimum atomic E-state index is 0. The van der Waals surface area contributed by atoms with E-state index in [2.05, 4.69) is 22.8 Å². The first kappa shape index (κ1) is 23.3. The van der Waals surface area contributed by atoms with Gasteiger partial charge in [0.15, 0.2) is 17.5 Å². The second-order valence-electron chi connectivity index (χ2n) is 6.44. The minimum absolute atomic E-state index is 0. The molecule has 158 valence electrons. The Labute approximate surface area is 190 Å². The molecule has 0 atom stereocenters. The molecule has 7 heteroatoms. The summed E-state index contributed by atoms with van der Waals surface area (Å²) >= 11 is 0. The highest BCUT2D eigenvalue weighted by molar-refractivity contribution is 14.0. The van der Waals surface area contributed by atoms with Gasteiger partial charge in [0, 0.05) is 31.3 Å². The number of nitrogens with one attached hydrogen (secondary N) is 2. The van der Waals surface area contributed by atoms with Crippen LogP contribution in [0.15, 0.2) is 47.5 Å². The van der Waals surface area contributed by atoms with Crippen LogP contribution in [0.3, 0.4) is 0 Å². The van der Waals surface area contributed by atoms with Crippen LogP contribution in [0.5, 0.6) is 11.5 Å². The van der Waals surface area contributed by atoms with Gasteiger partial charge in [-0.1, -0.05) is 24.3 Å². The van der Waals surface area contributed by atoms with Crippen LogP contribution in [0.2, 0.25) is 0 Å². The number of nitrogens with zero attached hydrogens (tertiary/aromatic N) is 1. The van der Waals surface area contributed by atoms with Crippen LogP contribution in [0.4, 0.5) is 5.69 Å². The molecule has 0 fully saturated rings. The van der Waals surface area contributed by atoms with Gasteiger partial charge in [0.25, 0.3) is 0 Å². The minimum Gasteiger partial charge on any atom is -0.490 e. The predicted molar refractivity (Wildman–Crippen MR) is 128 cm³/mol. The third-order valence-corrected chi connectivity index (χ3v) is 4.34. The highest BCUT2D eigenvalue weighted by atomic mass is 127. The molecule has 29 heavy (non-hydrogen) atoms. The quantitative estimate of drug-likeness (QED) is 0.324. The number of aliphatic imine (C=N–C) groups is 1. The van der Waals surface area contributed by atoms with Gasteiger partial charge < -0.3 is 24.8 Å². The van der Waals surface area contributed by atoms with Crippen LogP contribution in [0, 0.1) is 0 Å². The number of rotatable bonds is 7. The van der Waals surface area contributed by atoms with Gasteiger partial charge in [-0.15, -0.1) is 24.0 Å². The Morgan fingerprint density at radius 1 is 1.03 bits per heavy atom. The number of hydrogen-bond acceptors (Lipinski definition) is 4. The van der Waals surface area contributed by atoms with Gasteiger partial charge in [0.1, 0.15) is 0 Å². The van der Waals surface area contributed by atoms with E-state index in [9.17, 15) is 0 Å². The molecule has 0 aliphatic carbocycles. The zero-order valence-electron chi connectivity index (χ0n) is 17.1. The van der Waals surface area contributed by atoms with Crippen molar-refractivity contribution in [1.29, 1.82) is 0 Å². The molecule has 1 aliphatic rings. The van der Waals surface area contributed by atoms with Crippen molar-refractivity contribution in [3.63, 3.8) is 0 Å². The van der Waals surface area contributed by atoms with Crippen molar-refractivity contribution in [3.05, 3.63) is 53.6 Å². The molecule has 2 N–H and O–H groups in total. The van der Waals surface area contributed by atoms with Gasteiger partial charge in [-0.3, -0.25) is 0 Å². The van der Waals surface area contributed by atoms with E-state index in [1.54, 1.807) is 0 Å². The second-order valence-corrected chi connectivity index (χ2v) is 6.44. The topological polar surface area (TPSA) is 64.1 Å². The van der Waals surface area contributed by atoms with Crippen LogP contribution >= 0.6 is 24.0 Å².